The molecule has 1 aliphatic rings. The molecule has 0 saturated carbocycles. The SMILES string of the molecule is Cc1ccc(Br)cc1S(=O)(=O)NCC1(C(N)=O)CCOCC1. The molecule has 0 unspecified atom stereocenters. The normalized spacial score (nSPS) is 18.1. The van der Waals surface area contributed by atoms with E-state index in [1.165, 1.54) is 0 Å². The molecule has 0 radical (unpaired) electrons. The summed E-state index contributed by atoms with van der Waals surface area (Å²) in [6.45, 7) is 2.51. The molecule has 6 nitrogen and oxygen atoms in total. The van der Waals surface area contributed by atoms with E-state index in [1.807, 2.05) is 0 Å². The molecule has 1 saturated heterocycles. The van der Waals surface area contributed by atoms with Gasteiger partial charge in [0.25, 0.3) is 0 Å². The zero-order valence-electron chi connectivity index (χ0n) is 12.3. The lowest BCUT2D eigenvalue weighted by Crippen LogP contribution is -2.49. The minimum Gasteiger partial charge on any atom is -0.381 e. The Morgan fingerprint density at radius 2 is 2.05 bits per heavy atom. The second kappa shape index (κ2) is 6.66. The van der Waals surface area contributed by atoms with Crippen molar-refractivity contribution in [3.8, 4) is 0 Å². The second-order valence-electron chi connectivity index (χ2n) is 5.49. The van der Waals surface area contributed by atoms with Gasteiger partial charge in [-0.15, -0.1) is 0 Å². The van der Waals surface area contributed by atoms with Gasteiger partial charge in [0.1, 0.15) is 0 Å². The lowest BCUT2D eigenvalue weighted by atomic mass is 9.80. The number of sulfonamides is 1. The first-order valence-corrected chi connectivity index (χ1v) is 9.18. The monoisotopic (exact) mass is 390 g/mol. The number of rotatable bonds is 5. The van der Waals surface area contributed by atoms with E-state index in [0.717, 1.165) is 0 Å². The van der Waals surface area contributed by atoms with Gasteiger partial charge < -0.3 is 10.5 Å². The molecule has 22 heavy (non-hydrogen) atoms. The number of primary amides is 1. The zero-order chi connectivity index (χ0) is 16.4. The van der Waals surface area contributed by atoms with Crippen molar-refractivity contribution >= 4 is 31.9 Å². The highest BCUT2D eigenvalue weighted by atomic mass is 79.9. The lowest BCUT2D eigenvalue weighted by molar-refractivity contribution is -0.132. The first-order chi connectivity index (χ1) is 10.3. The van der Waals surface area contributed by atoms with Crippen molar-refractivity contribution in [1.82, 2.24) is 4.72 Å². The molecule has 0 spiro atoms. The Balaban J connectivity index is 2.21. The van der Waals surface area contributed by atoms with Crippen LogP contribution in [0.15, 0.2) is 27.6 Å². The van der Waals surface area contributed by atoms with Crippen LogP contribution in [0, 0.1) is 12.3 Å². The number of benzene rings is 1. The van der Waals surface area contributed by atoms with Crippen molar-refractivity contribution in [1.29, 1.82) is 0 Å². The molecule has 3 N–H and O–H groups in total. The molecule has 1 aromatic rings. The molecule has 122 valence electrons. The quantitative estimate of drug-likeness (QED) is 0.791. The summed E-state index contributed by atoms with van der Waals surface area (Å²) in [6.07, 6.45) is 0.838. The molecule has 0 aromatic heterocycles. The van der Waals surface area contributed by atoms with E-state index >= 15 is 0 Å². The summed E-state index contributed by atoms with van der Waals surface area (Å²) >= 11 is 3.27. The minimum absolute atomic E-state index is 0.0139. The second-order valence-corrected chi connectivity index (χ2v) is 8.14. The third-order valence-electron chi connectivity index (χ3n) is 4.01. The van der Waals surface area contributed by atoms with Crippen LogP contribution in [0.2, 0.25) is 0 Å². The number of halogens is 1. The fourth-order valence-corrected chi connectivity index (χ4v) is 4.36. The summed E-state index contributed by atoms with van der Waals surface area (Å²) in [5.74, 6) is -0.496. The highest BCUT2D eigenvalue weighted by Gasteiger charge is 2.39. The number of carbonyl (C=O) groups excluding carboxylic acids is 1. The number of nitrogens with two attached hydrogens (primary N) is 1. The van der Waals surface area contributed by atoms with E-state index in [2.05, 4.69) is 20.7 Å². The van der Waals surface area contributed by atoms with E-state index in [1.54, 1.807) is 25.1 Å². The summed E-state index contributed by atoms with van der Waals surface area (Å²) in [5.41, 5.74) is 5.24. The molecular formula is C14H19BrN2O4S. The van der Waals surface area contributed by atoms with Crippen LogP contribution < -0.4 is 10.5 Å². The lowest BCUT2D eigenvalue weighted by Gasteiger charge is -2.34. The number of hydrogen-bond acceptors (Lipinski definition) is 4. The van der Waals surface area contributed by atoms with E-state index in [0.29, 0.717) is 36.1 Å². The first kappa shape index (κ1) is 17.4. The smallest absolute Gasteiger partial charge is 0.240 e. The van der Waals surface area contributed by atoms with Crippen molar-refractivity contribution in [3.63, 3.8) is 0 Å². The van der Waals surface area contributed by atoms with Crippen molar-refractivity contribution in [2.45, 2.75) is 24.7 Å². The van der Waals surface area contributed by atoms with Gasteiger partial charge in [0, 0.05) is 24.2 Å². The predicted octanol–water partition coefficient (Wildman–Crippen LogP) is 1.32. The van der Waals surface area contributed by atoms with Gasteiger partial charge in [-0.1, -0.05) is 22.0 Å². The number of hydrogen-bond donors (Lipinski definition) is 2. The van der Waals surface area contributed by atoms with Crippen molar-refractivity contribution < 1.29 is 17.9 Å². The minimum atomic E-state index is -3.71. The number of aryl methyl sites for hydroxylation is 1. The average molecular weight is 391 g/mol. The standard InChI is InChI=1S/C14H19BrN2O4S/c1-10-2-3-11(15)8-12(10)22(19,20)17-9-14(13(16)18)4-6-21-7-5-14/h2-3,8,17H,4-7,9H2,1H3,(H2,16,18). The Morgan fingerprint density at radius 1 is 1.41 bits per heavy atom. The number of ether oxygens (including phenoxy) is 1. The first-order valence-electron chi connectivity index (χ1n) is 6.90. The summed E-state index contributed by atoms with van der Waals surface area (Å²) in [6, 6.07) is 5.03. The molecule has 0 atom stereocenters. The van der Waals surface area contributed by atoms with Crippen LogP contribution in [0.5, 0.6) is 0 Å². The van der Waals surface area contributed by atoms with Crippen LogP contribution in [0.25, 0.3) is 0 Å². The van der Waals surface area contributed by atoms with E-state index in [9.17, 15) is 13.2 Å². The van der Waals surface area contributed by atoms with Crippen LogP contribution in [-0.4, -0.2) is 34.1 Å². The topological polar surface area (TPSA) is 98.5 Å². The molecule has 1 amide bonds. The largest absolute Gasteiger partial charge is 0.381 e. The van der Waals surface area contributed by atoms with Gasteiger partial charge in [0.15, 0.2) is 0 Å². The van der Waals surface area contributed by atoms with Gasteiger partial charge in [-0.25, -0.2) is 13.1 Å². The average Bonchev–Trinajstić information content (AvgIpc) is 2.48. The number of amides is 1. The van der Waals surface area contributed by atoms with E-state index in [-0.39, 0.29) is 11.4 Å². The summed E-state index contributed by atoms with van der Waals surface area (Å²) < 4.78 is 33.4. The molecule has 1 heterocycles. The molecule has 1 fully saturated rings. The highest BCUT2D eigenvalue weighted by Crippen LogP contribution is 2.30. The maximum absolute atomic E-state index is 12.5. The van der Waals surface area contributed by atoms with E-state index < -0.39 is 21.3 Å². The van der Waals surface area contributed by atoms with Gasteiger partial charge in [-0.2, -0.15) is 0 Å². The summed E-state index contributed by atoms with van der Waals surface area (Å²) in [4.78, 5) is 12.0. The molecule has 0 aliphatic carbocycles. The Labute approximate surface area is 138 Å². The summed E-state index contributed by atoms with van der Waals surface area (Å²) in [5, 5.41) is 0. The maximum atomic E-state index is 12.5. The Bertz CT molecular complexity index is 669. The Hall–Kier alpha value is -0.960. The van der Waals surface area contributed by atoms with Crippen LogP contribution in [0.4, 0.5) is 0 Å². The van der Waals surface area contributed by atoms with Crippen LogP contribution in [0.1, 0.15) is 18.4 Å². The summed E-state index contributed by atoms with van der Waals surface area (Å²) in [7, 11) is -3.71. The molecular weight excluding hydrogens is 372 g/mol. The van der Waals surface area contributed by atoms with Crippen LogP contribution >= 0.6 is 15.9 Å². The molecule has 2 rings (SSSR count). The van der Waals surface area contributed by atoms with Gasteiger partial charge in [-0.05, 0) is 37.5 Å². The molecule has 1 aromatic carbocycles. The maximum Gasteiger partial charge on any atom is 0.240 e. The molecule has 1 aliphatic heterocycles. The highest BCUT2D eigenvalue weighted by molar-refractivity contribution is 9.10. The van der Waals surface area contributed by atoms with Gasteiger partial charge in [0.05, 0.1) is 10.3 Å². The predicted molar refractivity (Wildman–Crippen MR) is 85.7 cm³/mol. The Kier molecular flexibility index (Phi) is 5.26. The van der Waals surface area contributed by atoms with Crippen LogP contribution in [0.3, 0.4) is 0 Å². The van der Waals surface area contributed by atoms with Crippen LogP contribution in [-0.2, 0) is 19.6 Å². The number of carbonyl (C=O) groups is 1. The number of nitrogens with one attached hydrogen (secondary N) is 1. The fourth-order valence-electron chi connectivity index (χ4n) is 2.45. The van der Waals surface area contributed by atoms with Gasteiger partial charge in [0.2, 0.25) is 15.9 Å². The molecule has 0 bridgehead atoms. The third kappa shape index (κ3) is 3.68. The molecule has 8 heteroatoms. The van der Waals surface area contributed by atoms with Crippen molar-refractivity contribution in [2.75, 3.05) is 19.8 Å². The van der Waals surface area contributed by atoms with Crippen molar-refractivity contribution in [3.05, 3.63) is 28.2 Å². The van der Waals surface area contributed by atoms with E-state index in [4.69, 9.17) is 10.5 Å². The van der Waals surface area contributed by atoms with Gasteiger partial charge in [-0.3, -0.25) is 4.79 Å². The third-order valence-corrected chi connectivity index (χ3v) is 6.05. The Morgan fingerprint density at radius 3 is 2.64 bits per heavy atom. The fraction of sp³-hybridized carbons (Fsp3) is 0.500. The zero-order valence-corrected chi connectivity index (χ0v) is 14.7. The van der Waals surface area contributed by atoms with Crippen molar-refractivity contribution in [2.24, 2.45) is 11.1 Å². The van der Waals surface area contributed by atoms with Gasteiger partial charge >= 0.3 is 0 Å².